The monoisotopic (exact) mass is 263 g/mol. The van der Waals surface area contributed by atoms with E-state index in [0.717, 1.165) is 29.6 Å². The van der Waals surface area contributed by atoms with Gasteiger partial charge < -0.3 is 11.1 Å². The van der Waals surface area contributed by atoms with Gasteiger partial charge in [-0.05, 0) is 30.7 Å². The number of pyridine rings is 1. The normalized spacial score (nSPS) is 23.6. The predicted octanol–water partition coefficient (Wildman–Crippen LogP) is 2.95. The van der Waals surface area contributed by atoms with Gasteiger partial charge in [0.1, 0.15) is 4.99 Å². The molecule has 2 atom stereocenters. The van der Waals surface area contributed by atoms with E-state index in [9.17, 15) is 0 Å². The fourth-order valence-corrected chi connectivity index (χ4v) is 2.93. The van der Waals surface area contributed by atoms with Crippen molar-refractivity contribution < 1.29 is 0 Å². The van der Waals surface area contributed by atoms with Gasteiger partial charge in [-0.1, -0.05) is 32.0 Å². The van der Waals surface area contributed by atoms with Crippen LogP contribution in [0.15, 0.2) is 18.5 Å². The maximum absolute atomic E-state index is 5.71. The minimum Gasteiger partial charge on any atom is -0.389 e. The number of thiocarbonyl (C=S) groups is 1. The third-order valence-corrected chi connectivity index (χ3v) is 3.93. The Balaban J connectivity index is 1.95. The highest BCUT2D eigenvalue weighted by Crippen LogP contribution is 2.28. The minimum absolute atomic E-state index is 0.428. The molecule has 1 aliphatic rings. The number of nitrogens with zero attached hydrogens (tertiary/aromatic N) is 1. The summed E-state index contributed by atoms with van der Waals surface area (Å²) in [5.74, 6) is 1.61. The number of aromatic nitrogens is 1. The van der Waals surface area contributed by atoms with E-state index in [1.54, 1.807) is 12.4 Å². The Hall–Kier alpha value is -1.16. The third-order valence-electron chi connectivity index (χ3n) is 3.71. The van der Waals surface area contributed by atoms with Gasteiger partial charge in [-0.25, -0.2) is 0 Å². The van der Waals surface area contributed by atoms with Crippen LogP contribution in [0.25, 0.3) is 0 Å². The highest BCUT2D eigenvalue weighted by molar-refractivity contribution is 7.80. The van der Waals surface area contributed by atoms with E-state index in [-0.39, 0.29) is 0 Å². The van der Waals surface area contributed by atoms with Gasteiger partial charge in [0, 0.05) is 18.3 Å². The molecular weight excluding hydrogens is 242 g/mol. The molecular formula is C14H21N3S. The van der Waals surface area contributed by atoms with E-state index >= 15 is 0 Å². The van der Waals surface area contributed by atoms with Crippen LogP contribution in [0.3, 0.4) is 0 Å². The average Bonchev–Trinajstić information content (AvgIpc) is 2.37. The van der Waals surface area contributed by atoms with E-state index in [1.807, 2.05) is 6.07 Å². The molecule has 4 heteroatoms. The standard InChI is InChI=1S/C14H21N3S/c1-10-3-2-4-11(7-10)8-17-13-9-16-6-5-12(13)14(15)18/h5-6,9-11,17H,2-4,7-8H2,1H3,(H2,15,18). The first-order valence-corrected chi connectivity index (χ1v) is 7.05. The summed E-state index contributed by atoms with van der Waals surface area (Å²) >= 11 is 5.05. The Morgan fingerprint density at radius 1 is 1.56 bits per heavy atom. The lowest BCUT2D eigenvalue weighted by Gasteiger charge is -2.27. The fraction of sp³-hybridized carbons (Fsp3) is 0.571. The molecule has 1 heterocycles. The summed E-state index contributed by atoms with van der Waals surface area (Å²) in [5.41, 5.74) is 7.56. The largest absolute Gasteiger partial charge is 0.389 e. The van der Waals surface area contributed by atoms with Gasteiger partial charge in [-0.3, -0.25) is 4.98 Å². The van der Waals surface area contributed by atoms with Crippen molar-refractivity contribution in [3.63, 3.8) is 0 Å². The molecule has 1 saturated carbocycles. The zero-order valence-electron chi connectivity index (χ0n) is 10.9. The second-order valence-corrected chi connectivity index (χ2v) is 5.74. The lowest BCUT2D eigenvalue weighted by molar-refractivity contribution is 0.293. The topological polar surface area (TPSA) is 50.9 Å². The van der Waals surface area contributed by atoms with Crippen LogP contribution in [0.1, 0.15) is 38.2 Å². The fourth-order valence-electron chi connectivity index (χ4n) is 2.75. The molecule has 2 unspecified atom stereocenters. The second kappa shape index (κ2) is 6.14. The molecule has 3 N–H and O–H groups in total. The number of hydrogen-bond donors (Lipinski definition) is 2. The van der Waals surface area contributed by atoms with Gasteiger partial charge in [-0.2, -0.15) is 0 Å². The van der Waals surface area contributed by atoms with Crippen LogP contribution < -0.4 is 11.1 Å². The van der Waals surface area contributed by atoms with E-state index in [0.29, 0.717) is 4.99 Å². The van der Waals surface area contributed by atoms with Crippen LogP contribution in [0.4, 0.5) is 5.69 Å². The lowest BCUT2D eigenvalue weighted by atomic mass is 9.82. The van der Waals surface area contributed by atoms with Crippen molar-refractivity contribution in [3.05, 3.63) is 24.0 Å². The SMILES string of the molecule is CC1CCCC(CNc2cnccc2C(N)=S)C1. The quantitative estimate of drug-likeness (QED) is 0.820. The summed E-state index contributed by atoms with van der Waals surface area (Å²) in [7, 11) is 0. The van der Waals surface area contributed by atoms with Crippen molar-refractivity contribution in [2.45, 2.75) is 32.6 Å². The first-order chi connectivity index (χ1) is 8.66. The number of nitrogens with two attached hydrogens (primary N) is 1. The summed E-state index contributed by atoms with van der Waals surface area (Å²) < 4.78 is 0. The average molecular weight is 263 g/mol. The molecule has 1 aromatic heterocycles. The molecule has 0 amide bonds. The molecule has 0 radical (unpaired) electrons. The first kappa shape index (κ1) is 13.3. The van der Waals surface area contributed by atoms with Crippen molar-refractivity contribution in [2.24, 2.45) is 17.6 Å². The zero-order valence-corrected chi connectivity index (χ0v) is 11.7. The molecule has 2 rings (SSSR count). The third kappa shape index (κ3) is 3.42. The van der Waals surface area contributed by atoms with E-state index in [1.165, 1.54) is 25.7 Å². The summed E-state index contributed by atoms with van der Waals surface area (Å²) in [5, 5.41) is 3.45. The van der Waals surface area contributed by atoms with Gasteiger partial charge >= 0.3 is 0 Å². The van der Waals surface area contributed by atoms with Gasteiger partial charge in [0.05, 0.1) is 11.9 Å². The van der Waals surface area contributed by atoms with Crippen molar-refractivity contribution in [1.29, 1.82) is 0 Å². The Kier molecular flexibility index (Phi) is 4.53. The number of nitrogens with one attached hydrogen (secondary N) is 1. The summed E-state index contributed by atoms with van der Waals surface area (Å²) in [6, 6.07) is 1.87. The second-order valence-electron chi connectivity index (χ2n) is 5.30. The molecule has 0 spiro atoms. The molecule has 1 aliphatic carbocycles. The zero-order chi connectivity index (χ0) is 13.0. The van der Waals surface area contributed by atoms with Crippen LogP contribution in [-0.4, -0.2) is 16.5 Å². The predicted molar refractivity (Wildman–Crippen MR) is 79.7 cm³/mol. The summed E-state index contributed by atoms with van der Waals surface area (Å²) in [4.78, 5) is 4.56. The minimum atomic E-state index is 0.428. The van der Waals surface area contributed by atoms with E-state index < -0.39 is 0 Å². The summed E-state index contributed by atoms with van der Waals surface area (Å²) in [6.07, 6.45) is 8.89. The van der Waals surface area contributed by atoms with Crippen LogP contribution in [0.2, 0.25) is 0 Å². The lowest BCUT2D eigenvalue weighted by Crippen LogP contribution is -2.22. The molecule has 18 heavy (non-hydrogen) atoms. The van der Waals surface area contributed by atoms with Crippen molar-refractivity contribution >= 4 is 22.9 Å². The Morgan fingerprint density at radius 3 is 3.11 bits per heavy atom. The van der Waals surface area contributed by atoms with Gasteiger partial charge in [0.2, 0.25) is 0 Å². The molecule has 1 fully saturated rings. The summed E-state index contributed by atoms with van der Waals surface area (Å²) in [6.45, 7) is 3.34. The van der Waals surface area contributed by atoms with Crippen LogP contribution in [0, 0.1) is 11.8 Å². The van der Waals surface area contributed by atoms with Gasteiger partial charge in [0.25, 0.3) is 0 Å². The van der Waals surface area contributed by atoms with Crippen LogP contribution in [-0.2, 0) is 0 Å². The number of rotatable bonds is 4. The smallest absolute Gasteiger partial charge is 0.106 e. The van der Waals surface area contributed by atoms with Crippen molar-refractivity contribution in [1.82, 2.24) is 4.98 Å². The maximum Gasteiger partial charge on any atom is 0.106 e. The van der Waals surface area contributed by atoms with E-state index in [2.05, 4.69) is 17.2 Å². The van der Waals surface area contributed by atoms with Crippen LogP contribution >= 0.6 is 12.2 Å². The van der Waals surface area contributed by atoms with Crippen molar-refractivity contribution in [3.8, 4) is 0 Å². The highest BCUT2D eigenvalue weighted by atomic mass is 32.1. The van der Waals surface area contributed by atoms with Gasteiger partial charge in [-0.15, -0.1) is 0 Å². The Bertz CT molecular complexity index is 419. The van der Waals surface area contributed by atoms with Crippen LogP contribution in [0.5, 0.6) is 0 Å². The molecule has 0 aliphatic heterocycles. The number of hydrogen-bond acceptors (Lipinski definition) is 3. The Morgan fingerprint density at radius 2 is 2.39 bits per heavy atom. The molecule has 1 aromatic rings. The van der Waals surface area contributed by atoms with E-state index in [4.69, 9.17) is 18.0 Å². The highest BCUT2D eigenvalue weighted by Gasteiger charge is 2.18. The molecule has 0 aromatic carbocycles. The molecule has 0 saturated heterocycles. The first-order valence-electron chi connectivity index (χ1n) is 6.64. The van der Waals surface area contributed by atoms with Gasteiger partial charge in [0.15, 0.2) is 0 Å². The number of anilines is 1. The molecule has 0 bridgehead atoms. The Labute approximate surface area is 114 Å². The molecule has 98 valence electrons. The maximum atomic E-state index is 5.71. The van der Waals surface area contributed by atoms with Crippen molar-refractivity contribution in [2.75, 3.05) is 11.9 Å². The molecule has 3 nitrogen and oxygen atoms in total.